The molecule has 1 aromatic heterocycles. The fraction of sp³-hybridized carbons (Fsp3) is 0.333. The van der Waals surface area contributed by atoms with Gasteiger partial charge in [0.1, 0.15) is 5.58 Å². The van der Waals surface area contributed by atoms with E-state index in [2.05, 4.69) is 0 Å². The van der Waals surface area contributed by atoms with Crippen molar-refractivity contribution in [2.75, 3.05) is 19.8 Å². The highest BCUT2D eigenvalue weighted by molar-refractivity contribution is 5.99. The number of nitrogens with zero attached hydrogens (tertiary/aromatic N) is 1. The Kier molecular flexibility index (Phi) is 5.24. The molecule has 0 saturated heterocycles. The quantitative estimate of drug-likeness (QED) is 0.585. The molecule has 2 heterocycles. The van der Waals surface area contributed by atoms with Crippen molar-refractivity contribution in [2.24, 2.45) is 0 Å². The van der Waals surface area contributed by atoms with Gasteiger partial charge in [-0.1, -0.05) is 35.9 Å². The van der Waals surface area contributed by atoms with E-state index in [1.165, 1.54) is 0 Å². The zero-order valence-electron chi connectivity index (χ0n) is 17.0. The second kappa shape index (κ2) is 7.84. The van der Waals surface area contributed by atoms with Crippen LogP contribution in [0.15, 0.2) is 51.7 Å². The van der Waals surface area contributed by atoms with E-state index in [4.69, 9.17) is 9.15 Å². The van der Waals surface area contributed by atoms with Gasteiger partial charge < -0.3 is 14.1 Å². The molecule has 5 nitrogen and oxygen atoms in total. The molecule has 3 aromatic rings. The lowest BCUT2D eigenvalue weighted by Gasteiger charge is -2.25. The van der Waals surface area contributed by atoms with Crippen LogP contribution in [0.1, 0.15) is 52.2 Å². The monoisotopic (exact) mass is 391 g/mol. The Balaban J connectivity index is 1.85. The van der Waals surface area contributed by atoms with E-state index in [0.717, 1.165) is 16.7 Å². The molecule has 2 aromatic carbocycles. The summed E-state index contributed by atoms with van der Waals surface area (Å²) in [6.07, 6.45) is 0.697. The predicted octanol–water partition coefficient (Wildman–Crippen LogP) is 4.38. The summed E-state index contributed by atoms with van der Waals surface area (Å²) in [5, 5.41) is 0.510. The van der Waals surface area contributed by atoms with Crippen molar-refractivity contribution >= 4 is 16.9 Å². The standard InChI is InChI=1S/C24H25NO4/c1-4-28-13-5-12-25-21(17-9-6-15(2)7-10-17)20-22(26)18-11-8-16(3)14-19(18)29-23(20)24(25)27/h6-11,14,21H,4-5,12-13H2,1-3H3/t21-/m0/s1. The van der Waals surface area contributed by atoms with Crippen LogP contribution < -0.4 is 5.43 Å². The van der Waals surface area contributed by atoms with Gasteiger partial charge in [0, 0.05) is 19.8 Å². The summed E-state index contributed by atoms with van der Waals surface area (Å²) in [6, 6.07) is 13.0. The number of fused-ring (bicyclic) bond motifs is 2. The van der Waals surface area contributed by atoms with E-state index in [9.17, 15) is 9.59 Å². The fourth-order valence-corrected chi connectivity index (χ4v) is 3.93. The molecule has 0 radical (unpaired) electrons. The van der Waals surface area contributed by atoms with E-state index in [1.54, 1.807) is 11.0 Å². The van der Waals surface area contributed by atoms with Crippen LogP contribution in [-0.2, 0) is 4.74 Å². The second-order valence-corrected chi connectivity index (χ2v) is 7.54. The van der Waals surface area contributed by atoms with Gasteiger partial charge in [-0.25, -0.2) is 0 Å². The largest absolute Gasteiger partial charge is 0.450 e. The Morgan fingerprint density at radius 3 is 2.48 bits per heavy atom. The molecule has 4 rings (SSSR count). The summed E-state index contributed by atoms with van der Waals surface area (Å²) < 4.78 is 11.4. The summed E-state index contributed by atoms with van der Waals surface area (Å²) in [5.41, 5.74) is 3.79. The van der Waals surface area contributed by atoms with E-state index >= 15 is 0 Å². The maximum Gasteiger partial charge on any atom is 0.290 e. The minimum absolute atomic E-state index is 0.132. The SMILES string of the molecule is CCOCCCN1C(=O)c2oc3cc(C)ccc3c(=O)c2[C@@H]1c1ccc(C)cc1. The number of ether oxygens (including phenoxy) is 1. The molecular formula is C24H25NO4. The van der Waals surface area contributed by atoms with Crippen molar-refractivity contribution in [1.29, 1.82) is 0 Å². The molecule has 150 valence electrons. The summed E-state index contributed by atoms with van der Waals surface area (Å²) in [4.78, 5) is 28.4. The highest BCUT2D eigenvalue weighted by Crippen LogP contribution is 2.38. The number of hydrogen-bond donors (Lipinski definition) is 0. The third-order valence-electron chi connectivity index (χ3n) is 5.41. The van der Waals surface area contributed by atoms with Gasteiger partial charge in [0.25, 0.3) is 5.91 Å². The third-order valence-corrected chi connectivity index (χ3v) is 5.41. The lowest BCUT2D eigenvalue weighted by molar-refractivity contribution is 0.0696. The molecule has 5 heteroatoms. The summed E-state index contributed by atoms with van der Waals surface area (Å²) in [6.45, 7) is 7.60. The van der Waals surface area contributed by atoms with Crippen molar-refractivity contribution < 1.29 is 13.9 Å². The minimum atomic E-state index is -0.443. The topological polar surface area (TPSA) is 59.8 Å². The number of carbonyl (C=O) groups is 1. The first-order chi connectivity index (χ1) is 14.0. The van der Waals surface area contributed by atoms with Crippen LogP contribution in [0.2, 0.25) is 0 Å². The number of carbonyl (C=O) groups excluding carboxylic acids is 1. The van der Waals surface area contributed by atoms with Crippen LogP contribution in [0.5, 0.6) is 0 Å². The van der Waals surface area contributed by atoms with Gasteiger partial charge in [-0.05, 0) is 50.5 Å². The molecule has 0 fully saturated rings. The normalized spacial score (nSPS) is 15.9. The maximum absolute atomic E-state index is 13.4. The first kappa shape index (κ1) is 19.4. The molecule has 0 bridgehead atoms. The Labute approximate surface area is 169 Å². The molecule has 0 aliphatic carbocycles. The van der Waals surface area contributed by atoms with Gasteiger partial charge in [0.15, 0.2) is 5.43 Å². The van der Waals surface area contributed by atoms with Crippen LogP contribution in [-0.4, -0.2) is 30.6 Å². The number of aryl methyl sites for hydroxylation is 2. The Bertz CT molecular complexity index is 1110. The lowest BCUT2D eigenvalue weighted by Crippen LogP contribution is -2.31. The summed E-state index contributed by atoms with van der Waals surface area (Å²) in [7, 11) is 0. The van der Waals surface area contributed by atoms with Gasteiger partial charge >= 0.3 is 0 Å². The first-order valence-electron chi connectivity index (χ1n) is 10.0. The van der Waals surface area contributed by atoms with Crippen LogP contribution in [0.25, 0.3) is 11.0 Å². The van der Waals surface area contributed by atoms with Gasteiger partial charge in [-0.2, -0.15) is 0 Å². The van der Waals surface area contributed by atoms with Crippen molar-refractivity contribution in [3.63, 3.8) is 0 Å². The van der Waals surface area contributed by atoms with E-state index in [0.29, 0.717) is 42.7 Å². The fourth-order valence-electron chi connectivity index (χ4n) is 3.93. The maximum atomic E-state index is 13.4. The average molecular weight is 391 g/mol. The Morgan fingerprint density at radius 2 is 1.76 bits per heavy atom. The third kappa shape index (κ3) is 3.47. The zero-order valence-corrected chi connectivity index (χ0v) is 17.0. The Morgan fingerprint density at radius 1 is 1.03 bits per heavy atom. The summed E-state index contributed by atoms with van der Waals surface area (Å²) >= 11 is 0. The van der Waals surface area contributed by atoms with Gasteiger partial charge in [-0.15, -0.1) is 0 Å². The van der Waals surface area contributed by atoms with Crippen LogP contribution >= 0.6 is 0 Å². The van der Waals surface area contributed by atoms with Crippen LogP contribution in [0.3, 0.4) is 0 Å². The van der Waals surface area contributed by atoms with Crippen LogP contribution in [0.4, 0.5) is 0 Å². The van der Waals surface area contributed by atoms with E-state index < -0.39 is 6.04 Å². The zero-order chi connectivity index (χ0) is 20.5. The van der Waals surface area contributed by atoms with E-state index in [1.807, 2.05) is 57.2 Å². The van der Waals surface area contributed by atoms with Gasteiger partial charge in [-0.3, -0.25) is 9.59 Å². The minimum Gasteiger partial charge on any atom is -0.450 e. The van der Waals surface area contributed by atoms with Crippen molar-refractivity contribution in [2.45, 2.75) is 33.2 Å². The number of benzene rings is 2. The first-order valence-corrected chi connectivity index (χ1v) is 10.0. The number of amides is 1. The average Bonchev–Trinajstić information content (AvgIpc) is 2.98. The van der Waals surface area contributed by atoms with Gasteiger partial charge in [0.2, 0.25) is 5.76 Å². The smallest absolute Gasteiger partial charge is 0.290 e. The summed E-state index contributed by atoms with van der Waals surface area (Å²) in [5.74, 6) is -0.0716. The molecule has 1 amide bonds. The van der Waals surface area contributed by atoms with Crippen molar-refractivity contribution in [1.82, 2.24) is 4.90 Å². The molecule has 1 aliphatic heterocycles. The highest BCUT2D eigenvalue weighted by atomic mass is 16.5. The van der Waals surface area contributed by atoms with Crippen LogP contribution in [0, 0.1) is 13.8 Å². The second-order valence-electron chi connectivity index (χ2n) is 7.54. The number of hydrogen-bond acceptors (Lipinski definition) is 4. The molecular weight excluding hydrogens is 366 g/mol. The highest BCUT2D eigenvalue weighted by Gasteiger charge is 2.42. The molecule has 0 unspecified atom stereocenters. The molecule has 1 aliphatic rings. The molecule has 0 N–H and O–H groups in total. The number of rotatable bonds is 6. The van der Waals surface area contributed by atoms with E-state index in [-0.39, 0.29) is 17.1 Å². The lowest BCUT2D eigenvalue weighted by atomic mass is 9.97. The molecule has 1 atom stereocenters. The van der Waals surface area contributed by atoms with Crippen molar-refractivity contribution in [3.05, 3.63) is 80.7 Å². The molecule has 0 spiro atoms. The molecule has 0 saturated carbocycles. The predicted molar refractivity (Wildman–Crippen MR) is 112 cm³/mol. The molecule has 29 heavy (non-hydrogen) atoms. The van der Waals surface area contributed by atoms with Gasteiger partial charge in [0.05, 0.1) is 17.0 Å². The Hall–Kier alpha value is -2.92. The van der Waals surface area contributed by atoms with Crippen molar-refractivity contribution in [3.8, 4) is 0 Å².